The predicted molar refractivity (Wildman–Crippen MR) is 287 cm³/mol. The Morgan fingerprint density at radius 2 is 1.07 bits per heavy atom. The second-order valence-corrected chi connectivity index (χ2v) is 18.6. The SMILES string of the molecule is CC1C=CC2=C(C1)c1cc3c4cc(-c5cccc(-c6ccccc6Nc6ccc(-c7ccccc7)cc6)c5)ccc4n(-c4ccc5ccccc5c4)c3cc1C2(c1ccccc1)c1ccccc1. The smallest absolute Gasteiger partial charge is 0.0710 e. The van der Waals surface area contributed by atoms with Crippen molar-refractivity contribution in [1.29, 1.82) is 0 Å². The quantitative estimate of drug-likeness (QED) is 0.161. The van der Waals surface area contributed by atoms with Gasteiger partial charge >= 0.3 is 0 Å². The Bertz CT molecular complexity index is 3740. The molecule has 10 aromatic carbocycles. The van der Waals surface area contributed by atoms with Gasteiger partial charge in [-0.1, -0.05) is 195 Å². The molecule has 0 fully saturated rings. The fraction of sp³-hybridized carbons (Fsp3) is 0.0606. The first kappa shape index (κ1) is 39.9. The van der Waals surface area contributed by atoms with Crippen LogP contribution in [0.4, 0.5) is 11.4 Å². The molecular formula is C66H48N2. The average Bonchev–Trinajstić information content (AvgIpc) is 3.87. The minimum atomic E-state index is -0.467. The van der Waals surface area contributed by atoms with Gasteiger partial charge in [-0.3, -0.25) is 0 Å². The Morgan fingerprint density at radius 3 is 1.85 bits per heavy atom. The summed E-state index contributed by atoms with van der Waals surface area (Å²) in [7, 11) is 0. The molecule has 2 aliphatic carbocycles. The molecular weight excluding hydrogens is 821 g/mol. The van der Waals surface area contributed by atoms with Crippen molar-refractivity contribution in [3.8, 4) is 39.1 Å². The van der Waals surface area contributed by atoms with Crippen LogP contribution in [0, 0.1) is 5.92 Å². The maximum absolute atomic E-state index is 3.74. The number of fused-ring (bicyclic) bond motifs is 6. The Kier molecular flexibility index (Phi) is 9.47. The molecule has 1 N–H and O–H groups in total. The van der Waals surface area contributed by atoms with E-state index in [1.54, 1.807) is 0 Å². The van der Waals surface area contributed by atoms with Gasteiger partial charge in [-0.25, -0.2) is 0 Å². The van der Waals surface area contributed by atoms with E-state index in [1.165, 1.54) is 93.8 Å². The van der Waals surface area contributed by atoms with Gasteiger partial charge in [-0.15, -0.1) is 0 Å². The van der Waals surface area contributed by atoms with Crippen molar-refractivity contribution in [1.82, 2.24) is 4.57 Å². The summed E-state index contributed by atoms with van der Waals surface area (Å²) in [5.41, 5.74) is 20.5. The lowest BCUT2D eigenvalue weighted by Crippen LogP contribution is -2.29. The first-order valence-corrected chi connectivity index (χ1v) is 23.9. The highest BCUT2D eigenvalue weighted by molar-refractivity contribution is 6.13. The Labute approximate surface area is 397 Å². The van der Waals surface area contributed by atoms with Gasteiger partial charge in [0.05, 0.1) is 16.4 Å². The molecule has 0 saturated carbocycles. The third-order valence-corrected chi connectivity index (χ3v) is 14.6. The zero-order valence-corrected chi connectivity index (χ0v) is 37.9. The molecule has 0 aliphatic heterocycles. The molecule has 322 valence electrons. The lowest BCUT2D eigenvalue weighted by molar-refractivity contribution is 0.718. The van der Waals surface area contributed by atoms with E-state index in [4.69, 9.17) is 0 Å². The lowest BCUT2D eigenvalue weighted by Gasteiger charge is -2.35. The molecule has 1 atom stereocenters. The summed E-state index contributed by atoms with van der Waals surface area (Å²) in [5.74, 6) is 0.443. The largest absolute Gasteiger partial charge is 0.355 e. The van der Waals surface area contributed by atoms with Gasteiger partial charge in [-0.2, -0.15) is 0 Å². The molecule has 2 aliphatic rings. The van der Waals surface area contributed by atoms with Gasteiger partial charge in [0, 0.05) is 33.4 Å². The van der Waals surface area contributed by atoms with E-state index >= 15 is 0 Å². The van der Waals surface area contributed by atoms with Crippen molar-refractivity contribution in [3.05, 3.63) is 277 Å². The molecule has 68 heavy (non-hydrogen) atoms. The first-order valence-electron chi connectivity index (χ1n) is 23.9. The number of benzene rings is 10. The third kappa shape index (κ3) is 6.48. The van der Waals surface area contributed by atoms with Crippen LogP contribution in [0.15, 0.2) is 254 Å². The van der Waals surface area contributed by atoms with Crippen LogP contribution in [0.1, 0.15) is 35.6 Å². The van der Waals surface area contributed by atoms with E-state index in [0.717, 1.165) is 29.0 Å². The summed E-state index contributed by atoms with van der Waals surface area (Å²) in [6.45, 7) is 2.35. The number of nitrogens with one attached hydrogen (secondary N) is 1. The second kappa shape index (κ2) is 16.2. The summed E-state index contributed by atoms with van der Waals surface area (Å²) in [4.78, 5) is 0. The minimum absolute atomic E-state index is 0.443. The van der Waals surface area contributed by atoms with Crippen LogP contribution in [0.25, 0.3) is 77.2 Å². The molecule has 0 spiro atoms. The molecule has 1 heterocycles. The van der Waals surface area contributed by atoms with Crippen LogP contribution >= 0.6 is 0 Å². The Hall–Kier alpha value is -8.46. The van der Waals surface area contributed by atoms with Crippen molar-refractivity contribution in [2.24, 2.45) is 5.92 Å². The number of hydrogen-bond acceptors (Lipinski definition) is 1. The molecule has 0 saturated heterocycles. The average molecular weight is 869 g/mol. The summed E-state index contributed by atoms with van der Waals surface area (Å²) < 4.78 is 2.52. The van der Waals surface area contributed by atoms with E-state index in [0.29, 0.717) is 5.92 Å². The first-order chi connectivity index (χ1) is 33.6. The van der Waals surface area contributed by atoms with Crippen LogP contribution in [0.3, 0.4) is 0 Å². The minimum Gasteiger partial charge on any atom is -0.355 e. The molecule has 11 aromatic rings. The summed E-state index contributed by atoms with van der Waals surface area (Å²) in [5, 5.41) is 8.73. The highest BCUT2D eigenvalue weighted by Crippen LogP contribution is 2.58. The molecule has 0 bridgehead atoms. The van der Waals surface area contributed by atoms with Crippen molar-refractivity contribution < 1.29 is 0 Å². The fourth-order valence-corrected chi connectivity index (χ4v) is 11.4. The van der Waals surface area contributed by atoms with Crippen LogP contribution < -0.4 is 5.32 Å². The highest BCUT2D eigenvalue weighted by atomic mass is 15.0. The standard InChI is InChI=1S/C66H48N2/c1-44-28-36-61-57(38-44)58-42-60-59-41-50(48-20-15-21-51(39-48)56-26-13-14-27-63(56)67-54-33-29-47(30-34-54)45-16-5-2-6-17-45)32-37-64(59)68(55-35-31-46-18-11-12-19-49(46)40-55)65(60)43-62(58)66(61,52-22-7-3-8-23-52)53-24-9-4-10-25-53/h2-37,39-44,67H,38H2,1H3. The maximum atomic E-state index is 3.74. The maximum Gasteiger partial charge on any atom is 0.0710 e. The van der Waals surface area contributed by atoms with Crippen molar-refractivity contribution in [3.63, 3.8) is 0 Å². The van der Waals surface area contributed by atoms with Crippen molar-refractivity contribution >= 4 is 49.5 Å². The monoisotopic (exact) mass is 868 g/mol. The lowest BCUT2D eigenvalue weighted by atomic mass is 9.66. The number of aromatic nitrogens is 1. The van der Waals surface area contributed by atoms with Gasteiger partial charge in [0.2, 0.25) is 0 Å². The van der Waals surface area contributed by atoms with E-state index in [9.17, 15) is 0 Å². The molecule has 1 aromatic heterocycles. The molecule has 2 nitrogen and oxygen atoms in total. The van der Waals surface area contributed by atoms with Crippen LogP contribution in [0.5, 0.6) is 0 Å². The van der Waals surface area contributed by atoms with E-state index in [2.05, 4.69) is 266 Å². The normalized spacial score (nSPS) is 14.9. The highest BCUT2D eigenvalue weighted by Gasteiger charge is 2.48. The number of nitrogens with zero attached hydrogens (tertiary/aromatic N) is 1. The Balaban J connectivity index is 0.985. The molecule has 0 radical (unpaired) electrons. The number of para-hydroxylation sites is 1. The van der Waals surface area contributed by atoms with Crippen LogP contribution in [0.2, 0.25) is 0 Å². The van der Waals surface area contributed by atoms with E-state index in [1.807, 2.05) is 0 Å². The number of anilines is 2. The van der Waals surface area contributed by atoms with E-state index < -0.39 is 5.41 Å². The predicted octanol–water partition coefficient (Wildman–Crippen LogP) is 17.4. The van der Waals surface area contributed by atoms with Gasteiger partial charge < -0.3 is 9.88 Å². The molecule has 2 heteroatoms. The van der Waals surface area contributed by atoms with Gasteiger partial charge in [0.1, 0.15) is 0 Å². The summed E-state index contributed by atoms with van der Waals surface area (Å²) in [6.07, 6.45) is 5.88. The van der Waals surface area contributed by atoms with Gasteiger partial charge in [0.25, 0.3) is 0 Å². The molecule has 13 rings (SSSR count). The zero-order valence-electron chi connectivity index (χ0n) is 37.9. The topological polar surface area (TPSA) is 17.0 Å². The van der Waals surface area contributed by atoms with Crippen LogP contribution in [-0.4, -0.2) is 4.57 Å². The van der Waals surface area contributed by atoms with Crippen molar-refractivity contribution in [2.45, 2.75) is 18.8 Å². The molecule has 0 amide bonds. The van der Waals surface area contributed by atoms with Gasteiger partial charge in [0.15, 0.2) is 0 Å². The fourth-order valence-electron chi connectivity index (χ4n) is 11.4. The summed E-state index contributed by atoms with van der Waals surface area (Å²) >= 11 is 0. The van der Waals surface area contributed by atoms with Crippen LogP contribution in [-0.2, 0) is 5.41 Å². The third-order valence-electron chi connectivity index (χ3n) is 14.6. The second-order valence-electron chi connectivity index (χ2n) is 18.6. The summed E-state index contributed by atoms with van der Waals surface area (Å²) in [6, 6.07) is 87.2. The van der Waals surface area contributed by atoms with E-state index in [-0.39, 0.29) is 0 Å². The zero-order chi connectivity index (χ0) is 45.2. The Morgan fingerprint density at radius 1 is 0.456 bits per heavy atom. The van der Waals surface area contributed by atoms with Crippen molar-refractivity contribution in [2.75, 3.05) is 5.32 Å². The molecule has 1 unspecified atom stereocenters. The number of allylic oxidation sites excluding steroid dienone is 4. The number of hydrogen-bond donors (Lipinski definition) is 1. The van der Waals surface area contributed by atoms with Gasteiger partial charge in [-0.05, 0) is 145 Å². The number of rotatable bonds is 8.